The number of ether oxygens (including phenoxy) is 3. The van der Waals surface area contributed by atoms with Crippen molar-refractivity contribution in [3.63, 3.8) is 0 Å². The summed E-state index contributed by atoms with van der Waals surface area (Å²) in [6.07, 6.45) is 7.24. The Morgan fingerprint density at radius 2 is 0.714 bits per heavy atom. The maximum Gasteiger partial charge on any atom is 0.417 e. The molecule has 48 heteroatoms. The molecule has 9 aromatic heterocycles. The lowest BCUT2D eigenvalue weighted by Gasteiger charge is -2.34. The number of carbonyl (C=O) groups excluding carboxylic acids is 9. The van der Waals surface area contributed by atoms with Crippen molar-refractivity contribution in [2.45, 2.75) is 149 Å². The molecule has 6 saturated heterocycles. The van der Waals surface area contributed by atoms with Gasteiger partial charge in [0.15, 0.2) is 40.7 Å². The molecule has 0 spiro atoms. The fraction of sp³-hybridized carbons (Fsp3) is 0.515. The van der Waals surface area contributed by atoms with E-state index in [1.807, 2.05) is 56.2 Å². The molecular formula is C99H124F9N27O12. The SMILES string of the molecule is CC#CC(=O)CCC(=O)N1CCN(Cc2cc3c(N4CCCCC4)nc(-c4cnc(NC(=O)OCC)cc4C(F)(F)F)nn3c2)CC1.CCOC(=O)Nc1cc(C(F)(F)F)c(-c2nc(N3CCCCC3)c3cc(CN4CCN(C(=O)CCC(=O)/C=C/CN(C)C)CC4)cn3n2)cn1.CCOC(=O)Nc1cc(C(F)(F)F)c(-c2nc(N3CCCCC3)c3cc(CN4CCN(C(=O)CNC(=O)/C=C/CN(C)C)CC4)cn3n2)cn1. The van der Waals surface area contributed by atoms with E-state index < -0.39 is 53.5 Å². The fourth-order valence-electron chi connectivity index (χ4n) is 17.7. The number of halogens is 9. The number of aromatic nitrogens is 12. The van der Waals surface area contributed by atoms with Gasteiger partial charge in [0.25, 0.3) is 0 Å². The molecule has 9 aromatic rings. The Morgan fingerprint density at radius 1 is 0.401 bits per heavy atom. The maximum absolute atomic E-state index is 14.4. The van der Waals surface area contributed by atoms with Crippen LogP contribution < -0.4 is 36.0 Å². The number of amides is 7. The Morgan fingerprint density at radius 3 is 1.02 bits per heavy atom. The zero-order valence-corrected chi connectivity index (χ0v) is 83.6. The number of Topliss-reactive ketones (excluding diaryl/α,β-unsaturated/α-hetero) is 1. The molecule has 15 heterocycles. The summed E-state index contributed by atoms with van der Waals surface area (Å²) in [5, 5.41) is 22.9. The van der Waals surface area contributed by atoms with E-state index in [0.717, 1.165) is 111 Å². The summed E-state index contributed by atoms with van der Waals surface area (Å²) in [4.78, 5) is 158. The van der Waals surface area contributed by atoms with Crippen LogP contribution in [-0.4, -0.2) is 337 Å². The average molecular weight is 2060 g/mol. The van der Waals surface area contributed by atoms with E-state index in [4.69, 9.17) is 14.2 Å². The number of piperazine rings is 3. The van der Waals surface area contributed by atoms with Crippen LogP contribution in [0.3, 0.4) is 0 Å². The van der Waals surface area contributed by atoms with Gasteiger partial charge >= 0.3 is 36.8 Å². The van der Waals surface area contributed by atoms with Gasteiger partial charge in [-0.15, -0.1) is 15.3 Å². The standard InChI is InChI=1S/C34H44F3N9O4.C33H43F3N10O4.C32H37F3N8O4/c1-4-50-33(49)39-29-20-27(34(35,36)37)26(21-38-29)31-40-32(45-13-6-5-7-14-45)28-19-24(23-46(28)41-31)22-43-15-17-44(18-16-43)30(48)11-10-25(47)9-8-12-42(2)3;1-4-50-32(49)39-27-18-25(33(34,35)36)24(19-37-27)30-40-31(45-11-6-5-7-12-45)26-17-23(22-46(26)41-30)21-43-13-15-44(16-14-43)29(48)20-38-28(47)9-8-10-42(2)3;1-3-8-23(44)9-10-28(45)41-15-13-40(14-16-41)20-22-17-26-30(42-11-6-5-7-12-42)38-29(39-43(26)21-22)24-19-36-27(37-31(46)47-4-2)18-25(24)32(33,34)35/h8-9,19-21,23H,4-7,10-18,22H2,1-3H3,(H,38,39,49);8-9,17-19,22H,4-7,10-16,20-21H2,1-3H3,(H,38,47)(H,37,39,49);17-19,21H,4-7,9-16,20H2,1-2H3,(H,36,37,46)/b2*9-8+;. The number of piperidine rings is 3. The van der Waals surface area contributed by atoms with Crippen molar-refractivity contribution in [1.82, 2.24) is 103 Å². The molecule has 7 amide bonds. The van der Waals surface area contributed by atoms with Gasteiger partial charge in [-0.1, -0.05) is 18.1 Å². The summed E-state index contributed by atoms with van der Waals surface area (Å²) in [5.41, 5.74) is 0.708. The van der Waals surface area contributed by atoms with Gasteiger partial charge in [0.05, 0.1) is 59.7 Å². The number of rotatable bonds is 32. The first-order valence-corrected chi connectivity index (χ1v) is 49.2. The number of hydrogen-bond donors (Lipinski definition) is 4. The van der Waals surface area contributed by atoms with E-state index >= 15 is 0 Å². The number of pyridine rings is 3. The molecule has 0 bridgehead atoms. The Hall–Kier alpha value is -14.1. The second kappa shape index (κ2) is 51.3. The second-order valence-electron chi connectivity index (χ2n) is 36.6. The molecule has 0 aliphatic carbocycles. The Labute approximate surface area is 843 Å². The number of anilines is 6. The molecule has 15 rings (SSSR count). The van der Waals surface area contributed by atoms with E-state index in [-0.39, 0.29) is 139 Å². The van der Waals surface area contributed by atoms with Gasteiger partial charge < -0.3 is 58.7 Å². The summed E-state index contributed by atoms with van der Waals surface area (Å²) in [7, 11) is 7.62. The summed E-state index contributed by atoms with van der Waals surface area (Å²) in [6.45, 7) is 20.5. The predicted molar refractivity (Wildman–Crippen MR) is 530 cm³/mol. The van der Waals surface area contributed by atoms with Gasteiger partial charge in [0, 0.05) is 219 Å². The molecule has 0 saturated carbocycles. The number of fused-ring (bicyclic) bond motifs is 3. The van der Waals surface area contributed by atoms with Crippen molar-refractivity contribution < 1.29 is 96.9 Å². The normalized spacial score (nSPS) is 15.9. The zero-order valence-electron chi connectivity index (χ0n) is 83.6. The smallest absolute Gasteiger partial charge is 0.417 e. The maximum atomic E-state index is 14.4. The van der Waals surface area contributed by atoms with Gasteiger partial charge in [0.1, 0.15) is 34.0 Å². The molecule has 6 aliphatic rings. The van der Waals surface area contributed by atoms with Gasteiger partial charge in [-0.2, -0.15) is 39.5 Å². The van der Waals surface area contributed by atoms with Gasteiger partial charge in [-0.3, -0.25) is 59.4 Å². The average Bonchev–Trinajstić information content (AvgIpc) is 1.72. The van der Waals surface area contributed by atoms with E-state index in [1.165, 1.54) is 12.2 Å². The first kappa shape index (κ1) is 110. The minimum atomic E-state index is -4.78. The molecule has 0 radical (unpaired) electrons. The number of ketones is 2. The molecule has 39 nitrogen and oxygen atoms in total. The zero-order chi connectivity index (χ0) is 105. The number of likely N-dealkylation sites (N-methyl/N-ethyl adjacent to an activating group) is 2. The third kappa shape index (κ3) is 31.0. The van der Waals surface area contributed by atoms with Gasteiger partial charge in [-0.25, -0.2) is 57.8 Å². The highest BCUT2D eigenvalue weighted by atomic mass is 19.4. The summed E-state index contributed by atoms with van der Waals surface area (Å²) in [6, 6.07) is 8.15. The van der Waals surface area contributed by atoms with Crippen LogP contribution in [0.15, 0.2) is 97.9 Å². The van der Waals surface area contributed by atoms with Crippen molar-refractivity contribution >= 4 is 105 Å². The first-order chi connectivity index (χ1) is 70.4. The Bertz CT molecular complexity index is 6000. The topological polar surface area (TPSA) is 394 Å². The number of nitrogens with one attached hydrogen (secondary N) is 4. The third-order valence-electron chi connectivity index (χ3n) is 25.1. The van der Waals surface area contributed by atoms with Crippen LogP contribution in [0, 0.1) is 11.8 Å². The van der Waals surface area contributed by atoms with Crippen molar-refractivity contribution in [1.29, 1.82) is 0 Å². The lowest BCUT2D eigenvalue weighted by molar-refractivity contribution is -0.137. The van der Waals surface area contributed by atoms with Crippen LogP contribution in [0.25, 0.3) is 50.7 Å². The Balaban J connectivity index is 0.000000184. The minimum absolute atomic E-state index is 0.0417. The first-order valence-electron chi connectivity index (χ1n) is 49.2. The predicted octanol–water partition coefficient (Wildman–Crippen LogP) is 12.1. The number of nitrogens with zero attached hydrogens (tertiary/aromatic N) is 23. The number of carbonyl (C=O) groups is 9. The number of allylic oxidation sites excluding steroid dienone is 1. The molecule has 0 aromatic carbocycles. The van der Waals surface area contributed by atoms with Crippen LogP contribution in [0.4, 0.5) is 88.8 Å². The van der Waals surface area contributed by atoms with Crippen molar-refractivity contribution in [3.8, 4) is 46.0 Å². The van der Waals surface area contributed by atoms with E-state index in [0.29, 0.717) is 185 Å². The second-order valence-corrected chi connectivity index (χ2v) is 36.6. The lowest BCUT2D eigenvalue weighted by atomic mass is 10.1. The van der Waals surface area contributed by atoms with Crippen LogP contribution in [0.5, 0.6) is 0 Å². The summed E-state index contributed by atoms with van der Waals surface area (Å²) in [5.74, 6) is 4.41. The van der Waals surface area contributed by atoms with Crippen LogP contribution in [0.1, 0.15) is 145 Å². The van der Waals surface area contributed by atoms with Crippen molar-refractivity contribution in [2.24, 2.45) is 0 Å². The largest absolute Gasteiger partial charge is 0.450 e. The summed E-state index contributed by atoms with van der Waals surface area (Å²) < 4.78 is 148. The molecule has 6 aliphatic heterocycles. The number of alkyl halides is 9. The molecular weight excluding hydrogens is 1930 g/mol. The van der Waals surface area contributed by atoms with Crippen molar-refractivity contribution in [2.75, 3.05) is 216 Å². The van der Waals surface area contributed by atoms with Gasteiger partial charge in [-0.05, 0) is 179 Å². The third-order valence-corrected chi connectivity index (χ3v) is 25.1. The fourth-order valence-corrected chi connectivity index (χ4v) is 17.7. The minimum Gasteiger partial charge on any atom is -0.450 e. The molecule has 147 heavy (non-hydrogen) atoms. The highest BCUT2D eigenvalue weighted by Crippen LogP contribution is 2.43. The van der Waals surface area contributed by atoms with E-state index in [9.17, 15) is 82.7 Å². The molecule has 0 unspecified atom stereocenters. The molecule has 6 fully saturated rings. The van der Waals surface area contributed by atoms with Crippen LogP contribution in [-0.2, 0) is 81.1 Å². The quantitative estimate of drug-likeness (QED) is 0.01000. The summed E-state index contributed by atoms with van der Waals surface area (Å²) >= 11 is 0. The Kier molecular flexibility index (Phi) is 38.5. The van der Waals surface area contributed by atoms with E-state index in [2.05, 4.69) is 108 Å². The lowest BCUT2D eigenvalue weighted by Crippen LogP contribution is -2.50. The molecule has 4 N–H and O–H groups in total. The number of hydrogen-bond acceptors (Lipinski definition) is 29. The molecule has 0 atom stereocenters. The van der Waals surface area contributed by atoms with Crippen LogP contribution in [0.2, 0.25) is 0 Å². The monoisotopic (exact) mass is 2050 g/mol. The van der Waals surface area contributed by atoms with Crippen LogP contribution >= 0.6 is 0 Å². The highest BCUT2D eigenvalue weighted by Gasteiger charge is 2.41. The highest BCUT2D eigenvalue weighted by molar-refractivity contribution is 5.97. The van der Waals surface area contributed by atoms with Crippen molar-refractivity contribution in [3.05, 3.63) is 131 Å². The van der Waals surface area contributed by atoms with E-state index in [1.54, 1.807) is 86.7 Å². The van der Waals surface area contributed by atoms with Gasteiger partial charge in [0.2, 0.25) is 29.4 Å². The molecule has 790 valence electrons.